The first-order chi connectivity index (χ1) is 15.8. The summed E-state index contributed by atoms with van der Waals surface area (Å²) in [6.07, 6.45) is 0. The highest BCUT2D eigenvalue weighted by atomic mass is 32.2. The Bertz CT molecular complexity index is 1180. The van der Waals surface area contributed by atoms with Crippen LogP contribution in [0.25, 0.3) is 0 Å². The molecule has 3 rings (SSSR count). The van der Waals surface area contributed by atoms with E-state index in [2.05, 4.69) is 5.32 Å². The van der Waals surface area contributed by atoms with Crippen LogP contribution in [0.4, 0.5) is 11.4 Å². The van der Waals surface area contributed by atoms with Crippen molar-refractivity contribution in [3.05, 3.63) is 78.4 Å². The number of para-hydroxylation sites is 1. The first kappa shape index (κ1) is 24.7. The molecule has 174 valence electrons. The maximum atomic E-state index is 13.5. The minimum atomic E-state index is -3.98. The third-order valence-corrected chi connectivity index (χ3v) is 7.54. The van der Waals surface area contributed by atoms with Crippen molar-refractivity contribution in [2.45, 2.75) is 30.6 Å². The Morgan fingerprint density at radius 2 is 1.64 bits per heavy atom. The minimum absolute atomic E-state index is 0.122. The number of thioether (sulfide) groups is 1. The number of carbonyl (C=O) groups excluding carboxylic acids is 1. The predicted octanol–water partition coefficient (Wildman–Crippen LogP) is 5.34. The van der Waals surface area contributed by atoms with Gasteiger partial charge in [0.2, 0.25) is 5.91 Å². The van der Waals surface area contributed by atoms with Crippen LogP contribution >= 0.6 is 11.8 Å². The van der Waals surface area contributed by atoms with Gasteiger partial charge in [-0.05, 0) is 68.1 Å². The highest BCUT2D eigenvalue weighted by molar-refractivity contribution is 7.99. The Morgan fingerprint density at radius 1 is 0.970 bits per heavy atom. The number of sulfonamides is 1. The summed E-state index contributed by atoms with van der Waals surface area (Å²) in [6, 6.07) is 20.7. The van der Waals surface area contributed by atoms with E-state index in [1.807, 2.05) is 45.0 Å². The monoisotopic (exact) mass is 484 g/mol. The Labute approximate surface area is 200 Å². The topological polar surface area (TPSA) is 75.7 Å². The van der Waals surface area contributed by atoms with Crippen LogP contribution in [0.15, 0.2) is 82.6 Å². The molecule has 33 heavy (non-hydrogen) atoms. The summed E-state index contributed by atoms with van der Waals surface area (Å²) in [4.78, 5) is 14.1. The van der Waals surface area contributed by atoms with E-state index in [1.54, 1.807) is 60.3 Å². The summed E-state index contributed by atoms with van der Waals surface area (Å²) in [5, 5.41) is 2.87. The van der Waals surface area contributed by atoms with E-state index in [1.165, 1.54) is 0 Å². The molecular formula is C25H28N2O4S2. The third kappa shape index (κ3) is 6.30. The third-order valence-electron chi connectivity index (χ3n) is 4.79. The molecule has 0 aliphatic heterocycles. The zero-order valence-corrected chi connectivity index (χ0v) is 20.6. The molecule has 6 nitrogen and oxygen atoms in total. The van der Waals surface area contributed by atoms with Gasteiger partial charge in [0.25, 0.3) is 10.0 Å². The van der Waals surface area contributed by atoms with E-state index in [4.69, 9.17) is 4.74 Å². The molecule has 0 spiro atoms. The van der Waals surface area contributed by atoms with E-state index >= 15 is 0 Å². The molecule has 0 atom stereocenters. The number of benzene rings is 3. The van der Waals surface area contributed by atoms with Crippen molar-refractivity contribution >= 4 is 39.1 Å². The first-order valence-electron chi connectivity index (χ1n) is 10.7. The molecule has 8 heteroatoms. The number of rotatable bonds is 10. The Hall–Kier alpha value is -2.97. The van der Waals surface area contributed by atoms with E-state index in [0.717, 1.165) is 20.5 Å². The number of nitrogens with zero attached hydrogens (tertiary/aromatic N) is 1. The lowest BCUT2D eigenvalue weighted by atomic mass is 10.2. The van der Waals surface area contributed by atoms with Gasteiger partial charge in [-0.25, -0.2) is 8.42 Å². The molecule has 0 aromatic heterocycles. The van der Waals surface area contributed by atoms with Gasteiger partial charge in [-0.2, -0.15) is 0 Å². The molecule has 0 saturated heterocycles. The first-order valence-corrected chi connectivity index (χ1v) is 13.1. The lowest BCUT2D eigenvalue weighted by molar-refractivity contribution is -0.114. The fourth-order valence-corrected chi connectivity index (χ4v) is 5.38. The second kappa shape index (κ2) is 11.2. The van der Waals surface area contributed by atoms with Crippen molar-refractivity contribution in [1.29, 1.82) is 0 Å². The minimum Gasteiger partial charge on any atom is -0.494 e. The van der Waals surface area contributed by atoms with Crippen molar-refractivity contribution in [3.63, 3.8) is 0 Å². The zero-order chi connectivity index (χ0) is 23.8. The average molecular weight is 485 g/mol. The van der Waals surface area contributed by atoms with Gasteiger partial charge in [-0.3, -0.25) is 9.10 Å². The number of hydrogen-bond donors (Lipinski definition) is 1. The second-order valence-electron chi connectivity index (χ2n) is 7.23. The van der Waals surface area contributed by atoms with Gasteiger partial charge < -0.3 is 10.1 Å². The number of amides is 1. The second-order valence-corrected chi connectivity index (χ2v) is 10.4. The molecule has 3 aromatic carbocycles. The van der Waals surface area contributed by atoms with Crippen LogP contribution in [-0.4, -0.2) is 33.2 Å². The van der Waals surface area contributed by atoms with Crippen molar-refractivity contribution < 1.29 is 17.9 Å². The molecule has 0 fully saturated rings. The summed E-state index contributed by atoms with van der Waals surface area (Å²) < 4.78 is 33.6. The lowest BCUT2D eigenvalue weighted by Gasteiger charge is -2.24. The molecule has 0 radical (unpaired) electrons. The van der Waals surface area contributed by atoms with Crippen LogP contribution in [-0.2, 0) is 14.8 Å². The van der Waals surface area contributed by atoms with Crippen LogP contribution in [0.1, 0.15) is 19.4 Å². The van der Waals surface area contributed by atoms with Gasteiger partial charge in [0.05, 0.1) is 22.9 Å². The van der Waals surface area contributed by atoms with E-state index in [9.17, 15) is 13.2 Å². The van der Waals surface area contributed by atoms with Crippen molar-refractivity contribution in [3.8, 4) is 5.75 Å². The SMILES string of the molecule is CCOc1ccc(N(CC(=O)Nc2ccccc2SCC)S(=O)(=O)c2ccc(C)cc2)cc1. The van der Waals surface area contributed by atoms with E-state index in [0.29, 0.717) is 23.7 Å². The molecule has 0 unspecified atom stereocenters. The lowest BCUT2D eigenvalue weighted by Crippen LogP contribution is -2.38. The van der Waals surface area contributed by atoms with Crippen LogP contribution in [0.2, 0.25) is 0 Å². The average Bonchev–Trinajstić information content (AvgIpc) is 2.80. The quantitative estimate of drug-likeness (QED) is 0.393. The summed E-state index contributed by atoms with van der Waals surface area (Å²) in [5.74, 6) is 1.06. The fraction of sp³-hybridized carbons (Fsp3) is 0.240. The van der Waals surface area contributed by atoms with Gasteiger partial charge >= 0.3 is 0 Å². The number of hydrogen-bond acceptors (Lipinski definition) is 5. The van der Waals surface area contributed by atoms with Crippen molar-refractivity contribution in [2.75, 3.05) is 28.5 Å². The number of anilines is 2. The number of aryl methyl sites for hydroxylation is 1. The van der Waals surface area contributed by atoms with Gasteiger partial charge in [0.15, 0.2) is 0 Å². The summed E-state index contributed by atoms with van der Waals surface area (Å²) >= 11 is 1.61. The smallest absolute Gasteiger partial charge is 0.264 e. The molecule has 1 N–H and O–H groups in total. The van der Waals surface area contributed by atoms with Crippen LogP contribution < -0.4 is 14.4 Å². The number of nitrogens with one attached hydrogen (secondary N) is 1. The van der Waals surface area contributed by atoms with Crippen molar-refractivity contribution in [1.82, 2.24) is 0 Å². The Balaban J connectivity index is 1.93. The maximum Gasteiger partial charge on any atom is 0.264 e. The van der Waals surface area contributed by atoms with E-state index in [-0.39, 0.29) is 11.4 Å². The summed E-state index contributed by atoms with van der Waals surface area (Å²) in [6.45, 7) is 5.93. The molecule has 3 aromatic rings. The molecule has 0 aliphatic rings. The van der Waals surface area contributed by atoms with Crippen LogP contribution in [0.3, 0.4) is 0 Å². The molecular weight excluding hydrogens is 456 g/mol. The van der Waals surface area contributed by atoms with Gasteiger partial charge in [0, 0.05) is 4.90 Å². The van der Waals surface area contributed by atoms with Crippen LogP contribution in [0, 0.1) is 6.92 Å². The number of ether oxygens (including phenoxy) is 1. The molecule has 0 aliphatic carbocycles. The zero-order valence-electron chi connectivity index (χ0n) is 18.9. The maximum absolute atomic E-state index is 13.5. The largest absolute Gasteiger partial charge is 0.494 e. The summed E-state index contributed by atoms with van der Waals surface area (Å²) in [7, 11) is -3.98. The van der Waals surface area contributed by atoms with E-state index < -0.39 is 15.9 Å². The molecule has 0 bridgehead atoms. The number of carbonyl (C=O) groups is 1. The predicted molar refractivity (Wildman–Crippen MR) is 135 cm³/mol. The fourth-order valence-electron chi connectivity index (χ4n) is 3.20. The Kier molecular flexibility index (Phi) is 8.41. The normalized spacial score (nSPS) is 11.1. The van der Waals surface area contributed by atoms with Gasteiger partial charge in [-0.1, -0.05) is 36.8 Å². The highest BCUT2D eigenvalue weighted by Gasteiger charge is 2.27. The standard InChI is InChI=1S/C25H28N2O4S2/c1-4-31-21-14-12-20(13-15-21)27(33(29,30)22-16-10-19(3)11-17-22)18-25(28)26-23-8-6-7-9-24(23)32-5-2/h6-17H,4-5,18H2,1-3H3,(H,26,28). The van der Waals surface area contributed by atoms with Crippen LogP contribution in [0.5, 0.6) is 5.75 Å². The molecule has 0 saturated carbocycles. The molecule has 1 amide bonds. The highest BCUT2D eigenvalue weighted by Crippen LogP contribution is 2.28. The van der Waals surface area contributed by atoms with Gasteiger partial charge in [-0.15, -0.1) is 11.8 Å². The van der Waals surface area contributed by atoms with Gasteiger partial charge in [0.1, 0.15) is 12.3 Å². The molecule has 0 heterocycles. The summed E-state index contributed by atoms with van der Waals surface area (Å²) in [5.41, 5.74) is 1.99. The Morgan fingerprint density at radius 3 is 2.27 bits per heavy atom. The van der Waals surface area contributed by atoms with Crippen molar-refractivity contribution in [2.24, 2.45) is 0 Å².